The van der Waals surface area contributed by atoms with Crippen molar-refractivity contribution in [2.24, 2.45) is 5.92 Å². The van der Waals surface area contributed by atoms with Crippen molar-refractivity contribution >= 4 is 12.0 Å². The van der Waals surface area contributed by atoms with Gasteiger partial charge in [-0.05, 0) is 31.0 Å². The zero-order chi connectivity index (χ0) is 18.5. The van der Waals surface area contributed by atoms with Crippen LogP contribution in [0.2, 0.25) is 0 Å². The SMILES string of the molecule is Cc1ccccc1Oc1ccccc1CNC(=O)N1CCC(C(=O)O)C1. The Labute approximate surface area is 152 Å². The van der Waals surface area contributed by atoms with Crippen LogP contribution in [-0.4, -0.2) is 35.1 Å². The van der Waals surface area contributed by atoms with E-state index in [-0.39, 0.29) is 12.6 Å². The molecule has 3 rings (SSSR count). The number of benzene rings is 2. The van der Waals surface area contributed by atoms with Crippen LogP contribution in [0.1, 0.15) is 17.5 Å². The number of ether oxygens (including phenoxy) is 1. The minimum atomic E-state index is -0.850. The summed E-state index contributed by atoms with van der Waals surface area (Å²) in [6.45, 7) is 3.01. The molecule has 0 spiro atoms. The number of likely N-dealkylation sites (tertiary alicyclic amines) is 1. The first-order valence-electron chi connectivity index (χ1n) is 8.61. The number of aliphatic carboxylic acids is 1. The molecule has 0 radical (unpaired) electrons. The summed E-state index contributed by atoms with van der Waals surface area (Å²) < 4.78 is 6.00. The summed E-state index contributed by atoms with van der Waals surface area (Å²) in [5.74, 6) is 0.136. The molecule has 1 fully saturated rings. The number of hydrogen-bond donors (Lipinski definition) is 2. The largest absolute Gasteiger partial charge is 0.481 e. The van der Waals surface area contributed by atoms with Gasteiger partial charge in [0.15, 0.2) is 0 Å². The molecule has 0 saturated carbocycles. The van der Waals surface area contributed by atoms with Crippen molar-refractivity contribution < 1.29 is 19.4 Å². The van der Waals surface area contributed by atoms with E-state index < -0.39 is 11.9 Å². The number of carbonyl (C=O) groups is 2. The van der Waals surface area contributed by atoms with Crippen LogP contribution in [0.3, 0.4) is 0 Å². The van der Waals surface area contributed by atoms with Gasteiger partial charge in [-0.25, -0.2) is 4.79 Å². The highest BCUT2D eigenvalue weighted by Crippen LogP contribution is 2.27. The van der Waals surface area contributed by atoms with Gasteiger partial charge in [-0.3, -0.25) is 4.79 Å². The fourth-order valence-corrected chi connectivity index (χ4v) is 2.97. The number of rotatable bonds is 5. The molecule has 2 aromatic rings. The van der Waals surface area contributed by atoms with E-state index in [9.17, 15) is 9.59 Å². The van der Waals surface area contributed by atoms with Crippen molar-refractivity contribution in [2.75, 3.05) is 13.1 Å². The third kappa shape index (κ3) is 4.14. The molecule has 0 bridgehead atoms. The minimum Gasteiger partial charge on any atom is -0.481 e. The summed E-state index contributed by atoms with van der Waals surface area (Å²) >= 11 is 0. The molecular formula is C20H22N2O4. The first-order chi connectivity index (χ1) is 12.5. The Kier molecular flexibility index (Phi) is 5.41. The summed E-state index contributed by atoms with van der Waals surface area (Å²) in [7, 11) is 0. The normalized spacial score (nSPS) is 16.3. The molecule has 6 nitrogen and oxygen atoms in total. The first-order valence-corrected chi connectivity index (χ1v) is 8.61. The second kappa shape index (κ2) is 7.91. The van der Waals surface area contributed by atoms with Gasteiger partial charge in [0.1, 0.15) is 11.5 Å². The molecule has 136 valence electrons. The van der Waals surface area contributed by atoms with Gasteiger partial charge < -0.3 is 20.1 Å². The van der Waals surface area contributed by atoms with E-state index in [2.05, 4.69) is 5.32 Å². The topological polar surface area (TPSA) is 78.9 Å². The van der Waals surface area contributed by atoms with Crippen molar-refractivity contribution in [2.45, 2.75) is 19.9 Å². The third-order valence-electron chi connectivity index (χ3n) is 4.54. The van der Waals surface area contributed by atoms with Crippen LogP contribution in [0.25, 0.3) is 0 Å². The first kappa shape index (κ1) is 17.8. The van der Waals surface area contributed by atoms with E-state index in [4.69, 9.17) is 9.84 Å². The Morgan fingerprint density at radius 2 is 1.85 bits per heavy atom. The molecule has 2 amide bonds. The maximum Gasteiger partial charge on any atom is 0.317 e. The molecule has 0 aromatic heterocycles. The minimum absolute atomic E-state index is 0.251. The van der Waals surface area contributed by atoms with E-state index >= 15 is 0 Å². The second-order valence-corrected chi connectivity index (χ2v) is 6.40. The zero-order valence-electron chi connectivity index (χ0n) is 14.6. The van der Waals surface area contributed by atoms with Crippen LogP contribution < -0.4 is 10.1 Å². The molecule has 2 aromatic carbocycles. The monoisotopic (exact) mass is 354 g/mol. The Morgan fingerprint density at radius 3 is 2.54 bits per heavy atom. The van der Waals surface area contributed by atoms with Gasteiger partial charge in [0.05, 0.1) is 5.92 Å². The maximum atomic E-state index is 12.3. The number of carboxylic acid groups (broad SMARTS) is 1. The standard InChI is InChI=1S/C20H22N2O4/c1-14-6-2-4-8-17(14)26-18-9-5-3-7-15(18)12-21-20(25)22-11-10-16(13-22)19(23)24/h2-9,16H,10-13H2,1H3,(H,21,25)(H,23,24). The highest BCUT2D eigenvalue weighted by atomic mass is 16.5. The summed E-state index contributed by atoms with van der Waals surface area (Å²) in [6, 6.07) is 15.0. The van der Waals surface area contributed by atoms with Crippen LogP contribution in [0.15, 0.2) is 48.5 Å². The van der Waals surface area contributed by atoms with Gasteiger partial charge in [-0.15, -0.1) is 0 Å². The molecule has 0 aliphatic carbocycles. The van der Waals surface area contributed by atoms with Crippen molar-refractivity contribution in [3.05, 3.63) is 59.7 Å². The maximum absolute atomic E-state index is 12.3. The van der Waals surface area contributed by atoms with Crippen LogP contribution in [0.4, 0.5) is 4.79 Å². The number of carboxylic acids is 1. The van der Waals surface area contributed by atoms with Gasteiger partial charge in [0, 0.05) is 25.2 Å². The highest BCUT2D eigenvalue weighted by Gasteiger charge is 2.30. The van der Waals surface area contributed by atoms with E-state index in [1.165, 1.54) is 0 Å². The third-order valence-corrected chi connectivity index (χ3v) is 4.54. The predicted octanol–water partition coefficient (Wildman–Crippen LogP) is 3.40. The molecule has 1 heterocycles. The average Bonchev–Trinajstić information content (AvgIpc) is 3.13. The zero-order valence-corrected chi connectivity index (χ0v) is 14.6. The quantitative estimate of drug-likeness (QED) is 0.862. The van der Waals surface area contributed by atoms with Crippen molar-refractivity contribution in [3.63, 3.8) is 0 Å². The lowest BCUT2D eigenvalue weighted by atomic mass is 10.1. The molecule has 1 saturated heterocycles. The molecule has 1 atom stereocenters. The Balaban J connectivity index is 1.63. The van der Waals surface area contributed by atoms with E-state index in [0.717, 1.165) is 16.9 Å². The molecule has 2 N–H and O–H groups in total. The van der Waals surface area contributed by atoms with E-state index in [1.54, 1.807) is 4.90 Å². The lowest BCUT2D eigenvalue weighted by molar-refractivity contribution is -0.141. The number of aryl methyl sites for hydroxylation is 1. The van der Waals surface area contributed by atoms with Crippen LogP contribution >= 0.6 is 0 Å². The van der Waals surface area contributed by atoms with Crippen molar-refractivity contribution in [1.82, 2.24) is 10.2 Å². The van der Waals surface area contributed by atoms with Crippen molar-refractivity contribution in [3.8, 4) is 11.5 Å². The summed E-state index contributed by atoms with van der Waals surface area (Å²) in [5.41, 5.74) is 1.89. The van der Waals surface area contributed by atoms with Crippen molar-refractivity contribution in [1.29, 1.82) is 0 Å². The van der Waals surface area contributed by atoms with Crippen LogP contribution in [0, 0.1) is 12.8 Å². The molecule has 1 aliphatic rings. The van der Waals surface area contributed by atoms with Crippen LogP contribution in [-0.2, 0) is 11.3 Å². The smallest absolute Gasteiger partial charge is 0.317 e. The van der Waals surface area contributed by atoms with Gasteiger partial charge in [-0.2, -0.15) is 0 Å². The van der Waals surface area contributed by atoms with Gasteiger partial charge in [-0.1, -0.05) is 36.4 Å². The molecule has 26 heavy (non-hydrogen) atoms. The number of para-hydroxylation sites is 2. The highest BCUT2D eigenvalue weighted by molar-refractivity contribution is 5.77. The van der Waals surface area contributed by atoms with E-state index in [1.807, 2.05) is 55.5 Å². The second-order valence-electron chi connectivity index (χ2n) is 6.40. The fraction of sp³-hybridized carbons (Fsp3) is 0.300. The number of hydrogen-bond acceptors (Lipinski definition) is 3. The number of carbonyl (C=O) groups excluding carboxylic acids is 1. The molecule has 1 aliphatic heterocycles. The Hall–Kier alpha value is -3.02. The number of nitrogens with one attached hydrogen (secondary N) is 1. The van der Waals surface area contributed by atoms with E-state index in [0.29, 0.717) is 25.3 Å². The number of nitrogens with zero attached hydrogens (tertiary/aromatic N) is 1. The molecule has 1 unspecified atom stereocenters. The summed E-state index contributed by atoms with van der Waals surface area (Å²) in [6.07, 6.45) is 0.496. The lowest BCUT2D eigenvalue weighted by Gasteiger charge is -2.18. The van der Waals surface area contributed by atoms with Gasteiger partial charge in [0.2, 0.25) is 0 Å². The molecular weight excluding hydrogens is 332 g/mol. The molecule has 6 heteroatoms. The predicted molar refractivity (Wildman–Crippen MR) is 97.2 cm³/mol. The summed E-state index contributed by atoms with van der Waals surface area (Å²) in [4.78, 5) is 24.9. The Bertz CT molecular complexity index is 806. The summed E-state index contributed by atoms with van der Waals surface area (Å²) in [5, 5.41) is 11.9. The number of urea groups is 1. The average molecular weight is 354 g/mol. The van der Waals surface area contributed by atoms with Gasteiger partial charge in [0.25, 0.3) is 0 Å². The number of amides is 2. The fourth-order valence-electron chi connectivity index (χ4n) is 2.97. The van der Waals surface area contributed by atoms with Gasteiger partial charge >= 0.3 is 12.0 Å². The Morgan fingerprint density at radius 1 is 1.15 bits per heavy atom. The lowest BCUT2D eigenvalue weighted by Crippen LogP contribution is -2.38. The van der Waals surface area contributed by atoms with Crippen LogP contribution in [0.5, 0.6) is 11.5 Å².